The molecule has 1 aromatic rings. The molecule has 0 atom stereocenters. The van der Waals surface area contributed by atoms with E-state index in [4.69, 9.17) is 9.47 Å². The number of methoxy groups -OCH3 is 1. The van der Waals surface area contributed by atoms with E-state index < -0.39 is 0 Å². The Morgan fingerprint density at radius 2 is 1.90 bits per heavy atom. The zero-order valence-electron chi connectivity index (χ0n) is 12.6. The number of benzene rings is 1. The minimum atomic E-state index is -0.354. The highest BCUT2D eigenvalue weighted by Gasteiger charge is 2.03. The van der Waals surface area contributed by atoms with E-state index in [1.54, 1.807) is 31.4 Å². The van der Waals surface area contributed by atoms with Gasteiger partial charge in [-0.2, -0.15) is 0 Å². The van der Waals surface area contributed by atoms with Crippen molar-refractivity contribution in [2.24, 2.45) is 0 Å². The van der Waals surface area contributed by atoms with Crippen molar-refractivity contribution in [3.8, 4) is 11.5 Å². The van der Waals surface area contributed by atoms with Gasteiger partial charge in [0, 0.05) is 12.1 Å². The maximum absolute atomic E-state index is 11.8. The van der Waals surface area contributed by atoms with Crippen LogP contribution in [0.3, 0.4) is 0 Å². The highest BCUT2D eigenvalue weighted by Crippen LogP contribution is 2.19. The molecule has 0 bridgehead atoms. The van der Waals surface area contributed by atoms with Crippen molar-refractivity contribution in [1.29, 1.82) is 0 Å². The first kappa shape index (κ1) is 16.0. The lowest BCUT2D eigenvalue weighted by molar-refractivity contribution is -0.129. The van der Waals surface area contributed by atoms with Crippen LogP contribution in [0.4, 0.5) is 0 Å². The highest BCUT2D eigenvalue weighted by molar-refractivity contribution is 5.84. The highest BCUT2D eigenvalue weighted by atomic mass is 16.5. The van der Waals surface area contributed by atoms with Gasteiger partial charge in [0.2, 0.25) is 0 Å². The molecule has 0 heterocycles. The van der Waals surface area contributed by atoms with Crippen LogP contribution in [0, 0.1) is 0 Å². The third-order valence-electron chi connectivity index (χ3n) is 2.72. The predicted octanol–water partition coefficient (Wildman–Crippen LogP) is 4.29. The van der Waals surface area contributed by atoms with Crippen molar-refractivity contribution in [2.75, 3.05) is 7.11 Å². The Hall–Kier alpha value is -2.03. The number of esters is 1. The van der Waals surface area contributed by atoms with Gasteiger partial charge in [-0.3, -0.25) is 0 Å². The largest absolute Gasteiger partial charge is 0.497 e. The van der Waals surface area contributed by atoms with Crippen LogP contribution in [0.15, 0.2) is 47.6 Å². The van der Waals surface area contributed by atoms with Gasteiger partial charge in [-0.15, -0.1) is 0 Å². The summed E-state index contributed by atoms with van der Waals surface area (Å²) in [6.45, 7) is 6.07. The Labute approximate surface area is 120 Å². The first-order chi connectivity index (χ1) is 9.51. The van der Waals surface area contributed by atoms with Crippen molar-refractivity contribution in [1.82, 2.24) is 0 Å². The average Bonchev–Trinajstić information content (AvgIpc) is 2.38. The molecule has 0 amide bonds. The lowest BCUT2D eigenvalue weighted by atomic mass is 10.1. The van der Waals surface area contributed by atoms with E-state index in [2.05, 4.69) is 19.9 Å². The Morgan fingerprint density at radius 1 is 1.20 bits per heavy atom. The monoisotopic (exact) mass is 274 g/mol. The normalized spacial score (nSPS) is 10.9. The van der Waals surface area contributed by atoms with Crippen molar-refractivity contribution >= 4 is 5.97 Å². The van der Waals surface area contributed by atoms with E-state index in [0.717, 1.165) is 18.4 Å². The minimum Gasteiger partial charge on any atom is -0.497 e. The summed E-state index contributed by atoms with van der Waals surface area (Å²) in [4.78, 5) is 11.8. The molecule has 0 aliphatic heterocycles. The Kier molecular flexibility index (Phi) is 6.57. The van der Waals surface area contributed by atoms with Gasteiger partial charge < -0.3 is 9.47 Å². The summed E-state index contributed by atoms with van der Waals surface area (Å²) < 4.78 is 10.3. The quantitative estimate of drug-likeness (QED) is 0.336. The number of hydrogen-bond acceptors (Lipinski definition) is 3. The fourth-order valence-electron chi connectivity index (χ4n) is 1.67. The zero-order chi connectivity index (χ0) is 15.0. The maximum atomic E-state index is 11.8. The van der Waals surface area contributed by atoms with Crippen molar-refractivity contribution < 1.29 is 14.3 Å². The first-order valence-corrected chi connectivity index (χ1v) is 6.67. The second-order valence-electron chi connectivity index (χ2n) is 4.91. The molecule has 0 radical (unpaired) electrons. The smallest absolute Gasteiger partial charge is 0.336 e. The van der Waals surface area contributed by atoms with E-state index >= 15 is 0 Å². The zero-order valence-corrected chi connectivity index (χ0v) is 12.6. The standard InChI is InChI=1S/C17H22O3/c1-13(2)7-5-8-14(3)11-17(18)20-16-10-6-9-15(12-16)19-4/h6-7,9-12H,5,8H2,1-4H3/b14-11+. The van der Waals surface area contributed by atoms with E-state index in [-0.39, 0.29) is 5.97 Å². The SMILES string of the molecule is COc1cccc(OC(=O)/C=C(\C)CCC=C(C)C)c1. The third-order valence-corrected chi connectivity index (χ3v) is 2.72. The molecule has 0 fully saturated rings. The fraction of sp³-hybridized carbons (Fsp3) is 0.353. The van der Waals surface area contributed by atoms with Crippen molar-refractivity contribution in [3.05, 3.63) is 47.6 Å². The number of carbonyl (C=O) groups is 1. The average molecular weight is 274 g/mol. The van der Waals surface area contributed by atoms with Crippen LogP contribution in [0.25, 0.3) is 0 Å². The summed E-state index contributed by atoms with van der Waals surface area (Å²) in [5, 5.41) is 0. The second kappa shape index (κ2) is 8.20. The van der Waals surface area contributed by atoms with E-state index in [1.165, 1.54) is 11.6 Å². The van der Waals surface area contributed by atoms with Crippen LogP contribution in [0.5, 0.6) is 11.5 Å². The van der Waals surface area contributed by atoms with Gasteiger partial charge in [-0.05, 0) is 45.7 Å². The summed E-state index contributed by atoms with van der Waals surface area (Å²) in [6.07, 6.45) is 5.50. The molecule has 0 N–H and O–H groups in total. The number of carbonyl (C=O) groups excluding carboxylic acids is 1. The molecule has 0 aliphatic rings. The summed E-state index contributed by atoms with van der Waals surface area (Å²) in [6, 6.07) is 7.00. The predicted molar refractivity (Wildman–Crippen MR) is 81.1 cm³/mol. The van der Waals surface area contributed by atoms with E-state index in [9.17, 15) is 4.79 Å². The van der Waals surface area contributed by atoms with Crippen LogP contribution in [-0.2, 0) is 4.79 Å². The van der Waals surface area contributed by atoms with E-state index in [0.29, 0.717) is 11.5 Å². The lowest BCUT2D eigenvalue weighted by Crippen LogP contribution is -2.05. The van der Waals surface area contributed by atoms with E-state index in [1.807, 2.05) is 6.92 Å². The molecule has 3 heteroatoms. The number of ether oxygens (including phenoxy) is 2. The second-order valence-corrected chi connectivity index (χ2v) is 4.91. The molecule has 1 aromatic carbocycles. The van der Waals surface area contributed by atoms with Gasteiger partial charge >= 0.3 is 5.97 Å². The molecular weight excluding hydrogens is 252 g/mol. The van der Waals surface area contributed by atoms with Gasteiger partial charge in [0.15, 0.2) is 0 Å². The van der Waals surface area contributed by atoms with Crippen LogP contribution in [0.2, 0.25) is 0 Å². The molecule has 0 aliphatic carbocycles. The summed E-state index contributed by atoms with van der Waals surface area (Å²) >= 11 is 0. The lowest BCUT2D eigenvalue weighted by Gasteiger charge is -2.04. The van der Waals surface area contributed by atoms with Crippen LogP contribution in [-0.4, -0.2) is 13.1 Å². The fourth-order valence-corrected chi connectivity index (χ4v) is 1.67. The Bertz CT molecular complexity index is 509. The van der Waals surface area contributed by atoms with Crippen LogP contribution in [0.1, 0.15) is 33.6 Å². The molecule has 0 aromatic heterocycles. The molecule has 108 valence electrons. The summed E-state index contributed by atoms with van der Waals surface area (Å²) in [7, 11) is 1.58. The Balaban J connectivity index is 2.55. The van der Waals surface area contributed by atoms with Gasteiger partial charge in [0.25, 0.3) is 0 Å². The Morgan fingerprint density at radius 3 is 2.55 bits per heavy atom. The molecular formula is C17H22O3. The topological polar surface area (TPSA) is 35.5 Å². The molecule has 0 unspecified atom stereocenters. The van der Waals surface area contributed by atoms with Crippen molar-refractivity contribution in [3.63, 3.8) is 0 Å². The van der Waals surface area contributed by atoms with Gasteiger partial charge in [-0.25, -0.2) is 4.79 Å². The molecule has 0 spiro atoms. The molecule has 1 rings (SSSR count). The van der Waals surface area contributed by atoms with Gasteiger partial charge in [0.1, 0.15) is 11.5 Å². The number of hydrogen-bond donors (Lipinski definition) is 0. The van der Waals surface area contributed by atoms with Gasteiger partial charge in [0.05, 0.1) is 7.11 Å². The molecule has 0 saturated heterocycles. The summed E-state index contributed by atoms with van der Waals surface area (Å²) in [5.74, 6) is 0.801. The maximum Gasteiger partial charge on any atom is 0.336 e. The minimum absolute atomic E-state index is 0.354. The van der Waals surface area contributed by atoms with Crippen LogP contribution < -0.4 is 9.47 Å². The summed E-state index contributed by atoms with van der Waals surface area (Å²) in [5.41, 5.74) is 2.30. The number of rotatable bonds is 6. The molecule has 3 nitrogen and oxygen atoms in total. The molecule has 0 saturated carbocycles. The molecule has 20 heavy (non-hydrogen) atoms. The van der Waals surface area contributed by atoms with Crippen molar-refractivity contribution in [2.45, 2.75) is 33.6 Å². The van der Waals surface area contributed by atoms with Gasteiger partial charge in [-0.1, -0.05) is 23.3 Å². The number of allylic oxidation sites excluding steroid dienone is 3. The third kappa shape index (κ3) is 6.23. The van der Waals surface area contributed by atoms with Crippen LogP contribution >= 0.6 is 0 Å². The first-order valence-electron chi connectivity index (χ1n) is 6.67.